The van der Waals surface area contributed by atoms with Crippen molar-refractivity contribution in [3.05, 3.63) is 112 Å². The van der Waals surface area contributed by atoms with E-state index in [1.807, 2.05) is 18.2 Å². The van der Waals surface area contributed by atoms with Crippen LogP contribution in [0.1, 0.15) is 74.4 Å². The first-order chi connectivity index (χ1) is 19.3. The summed E-state index contributed by atoms with van der Waals surface area (Å²) in [6.07, 6.45) is 1.23. The normalized spacial score (nSPS) is 12.2. The average molecular weight is 599 g/mol. The number of hydrogen-bond donors (Lipinski definition) is 2. The Bertz CT molecular complexity index is 1610. The Morgan fingerprint density at radius 1 is 0.881 bits per heavy atom. The highest BCUT2D eigenvalue weighted by molar-refractivity contribution is 8.28. The van der Waals surface area contributed by atoms with E-state index >= 15 is 4.39 Å². The largest absolute Gasteiger partial charge is 0.380 e. The first-order valence-corrected chi connectivity index (χ1v) is 15.8. The Balaban J connectivity index is 2.08. The van der Waals surface area contributed by atoms with Crippen molar-refractivity contribution in [1.82, 2.24) is 5.32 Å². The zero-order valence-electron chi connectivity index (χ0n) is 25.5. The summed E-state index contributed by atoms with van der Waals surface area (Å²) in [7, 11) is -2.26. The molecular formula is C35H42F4N2S. The van der Waals surface area contributed by atoms with Crippen LogP contribution in [0, 0.1) is 18.6 Å². The Labute approximate surface area is 249 Å². The molecule has 0 saturated carbocycles. The van der Waals surface area contributed by atoms with E-state index in [4.69, 9.17) is 0 Å². The van der Waals surface area contributed by atoms with Crippen LogP contribution in [0.25, 0.3) is 5.70 Å². The Kier molecular flexibility index (Phi) is 9.78. The number of nitrogens with one attached hydrogen (secondary N) is 2. The fourth-order valence-corrected chi connectivity index (χ4v) is 6.36. The van der Waals surface area contributed by atoms with E-state index in [1.165, 1.54) is 24.3 Å². The van der Waals surface area contributed by atoms with Gasteiger partial charge in [-0.25, -0.2) is 17.6 Å². The molecule has 0 unspecified atom stereocenters. The van der Waals surface area contributed by atoms with E-state index in [1.54, 1.807) is 19.9 Å². The average Bonchev–Trinajstić information content (AvgIpc) is 2.86. The second kappa shape index (κ2) is 12.4. The quantitative estimate of drug-likeness (QED) is 0.123. The fourth-order valence-electron chi connectivity index (χ4n) is 4.64. The number of benzene rings is 3. The molecule has 226 valence electrons. The van der Waals surface area contributed by atoms with E-state index in [2.05, 4.69) is 55.7 Å². The second-order valence-corrected chi connectivity index (χ2v) is 14.3. The number of alkyl halides is 2. The smallest absolute Gasteiger partial charge is 0.270 e. The van der Waals surface area contributed by atoms with E-state index in [-0.39, 0.29) is 35.1 Å². The van der Waals surface area contributed by atoms with Crippen LogP contribution in [0.3, 0.4) is 0 Å². The van der Waals surface area contributed by atoms with Crippen LogP contribution in [0.2, 0.25) is 0 Å². The highest BCUT2D eigenvalue weighted by Crippen LogP contribution is 2.40. The van der Waals surface area contributed by atoms with Crippen molar-refractivity contribution in [3.8, 4) is 0 Å². The van der Waals surface area contributed by atoms with E-state index < -0.39 is 26.9 Å². The van der Waals surface area contributed by atoms with Gasteiger partial charge in [-0.05, 0) is 98.7 Å². The van der Waals surface area contributed by atoms with E-state index in [0.29, 0.717) is 27.4 Å². The summed E-state index contributed by atoms with van der Waals surface area (Å²) in [5.74, 6) is 4.73. The lowest BCUT2D eigenvalue weighted by atomic mass is 9.97. The highest BCUT2D eigenvalue weighted by Gasteiger charge is 2.25. The molecule has 0 spiro atoms. The lowest BCUT2D eigenvalue weighted by molar-refractivity contribution is 0.0173. The molecule has 0 aliphatic carbocycles. The molecule has 0 saturated heterocycles. The number of halogens is 4. The minimum absolute atomic E-state index is 0.0878. The van der Waals surface area contributed by atoms with Crippen molar-refractivity contribution in [1.29, 1.82) is 0 Å². The lowest BCUT2D eigenvalue weighted by Crippen LogP contribution is -2.36. The van der Waals surface area contributed by atoms with Gasteiger partial charge in [-0.1, -0.05) is 55.6 Å². The molecule has 0 radical (unpaired) electrons. The van der Waals surface area contributed by atoms with Gasteiger partial charge < -0.3 is 10.0 Å². The van der Waals surface area contributed by atoms with Gasteiger partial charge in [-0.15, -0.1) is 9.39 Å². The van der Waals surface area contributed by atoms with Crippen molar-refractivity contribution in [2.45, 2.75) is 77.2 Å². The van der Waals surface area contributed by atoms with Crippen LogP contribution >= 0.6 is 9.39 Å². The zero-order valence-corrected chi connectivity index (χ0v) is 26.3. The number of rotatable bonds is 12. The standard InChI is InChI=1S/C35H42F4N2S/c1-11-34(6,7)40-24(5)25-12-13-26(18-28-20-30(36)27(16-22(2)3)19-31(28)37)32(21-25)41-42(9,10)33-15-14-29(17-23(33)4)35(8,38)39/h12-15,17,19-21,40-41H,2,5,9-11,16,18H2,1,3-4,6-8H3. The summed E-state index contributed by atoms with van der Waals surface area (Å²) in [6.45, 7) is 18.6. The van der Waals surface area contributed by atoms with Gasteiger partial charge in [0, 0.05) is 40.7 Å². The number of anilines is 1. The highest BCUT2D eigenvalue weighted by atomic mass is 32.2. The van der Waals surface area contributed by atoms with E-state index in [9.17, 15) is 13.2 Å². The van der Waals surface area contributed by atoms with E-state index in [0.717, 1.165) is 24.5 Å². The van der Waals surface area contributed by atoms with Crippen LogP contribution in [0.15, 0.2) is 72.2 Å². The molecule has 3 rings (SSSR count). The molecule has 7 heteroatoms. The Hall–Kier alpha value is -3.45. The predicted octanol–water partition coefficient (Wildman–Crippen LogP) is 9.90. The van der Waals surface area contributed by atoms with Gasteiger partial charge in [0.05, 0.1) is 0 Å². The van der Waals surface area contributed by atoms with Crippen LogP contribution < -0.4 is 10.0 Å². The van der Waals surface area contributed by atoms with Crippen molar-refractivity contribution in [3.63, 3.8) is 0 Å². The third kappa shape index (κ3) is 8.09. The second-order valence-electron chi connectivity index (χ2n) is 11.9. The molecule has 2 N–H and O–H groups in total. The topological polar surface area (TPSA) is 24.1 Å². The predicted molar refractivity (Wildman–Crippen MR) is 175 cm³/mol. The lowest BCUT2D eigenvalue weighted by Gasteiger charge is -2.28. The van der Waals surface area contributed by atoms with Crippen molar-refractivity contribution >= 4 is 32.5 Å². The molecular weight excluding hydrogens is 556 g/mol. The van der Waals surface area contributed by atoms with Crippen molar-refractivity contribution < 1.29 is 17.6 Å². The maximum atomic E-state index is 15.2. The van der Waals surface area contributed by atoms with Crippen LogP contribution in [0.4, 0.5) is 23.2 Å². The molecule has 0 bridgehead atoms. The fraction of sp³-hybridized carbons (Fsp3) is 0.314. The summed E-state index contributed by atoms with van der Waals surface area (Å²) in [6, 6.07) is 12.6. The summed E-state index contributed by atoms with van der Waals surface area (Å²) in [5.41, 5.74) is 4.39. The summed E-state index contributed by atoms with van der Waals surface area (Å²) in [5, 5.41) is 3.45. The minimum atomic E-state index is -2.97. The Morgan fingerprint density at radius 2 is 1.50 bits per heavy atom. The van der Waals surface area contributed by atoms with Gasteiger partial charge in [0.1, 0.15) is 11.6 Å². The third-order valence-electron chi connectivity index (χ3n) is 7.33. The van der Waals surface area contributed by atoms with Gasteiger partial charge >= 0.3 is 0 Å². The molecule has 3 aromatic carbocycles. The number of allylic oxidation sites excluding steroid dienone is 1. The maximum Gasteiger partial charge on any atom is 0.270 e. The zero-order chi connectivity index (χ0) is 31.6. The summed E-state index contributed by atoms with van der Waals surface area (Å²) >= 11 is 0. The van der Waals surface area contributed by atoms with Crippen molar-refractivity contribution in [2.24, 2.45) is 0 Å². The molecule has 0 heterocycles. The van der Waals surface area contributed by atoms with Gasteiger partial charge in [0.2, 0.25) is 0 Å². The molecule has 42 heavy (non-hydrogen) atoms. The minimum Gasteiger partial charge on any atom is -0.380 e. The maximum absolute atomic E-state index is 15.2. The molecule has 0 aliphatic rings. The SMILES string of the molecule is C=C(C)Cc1cc(F)c(Cc2ccc(C(=C)NC(C)(C)CC)cc2NS(=C)(=C)c2ccc(C(C)(F)F)cc2C)cc1F. The monoisotopic (exact) mass is 598 g/mol. The molecule has 0 amide bonds. The molecule has 0 aromatic heterocycles. The molecule has 2 nitrogen and oxygen atoms in total. The van der Waals surface area contributed by atoms with Gasteiger partial charge in [-0.2, -0.15) is 0 Å². The molecule has 3 aromatic rings. The van der Waals surface area contributed by atoms with Crippen LogP contribution in [-0.2, 0) is 18.8 Å². The van der Waals surface area contributed by atoms with Gasteiger partial charge in [-0.3, -0.25) is 0 Å². The van der Waals surface area contributed by atoms with Gasteiger partial charge in [0.25, 0.3) is 5.92 Å². The first kappa shape index (κ1) is 33.1. The molecule has 0 fully saturated rings. The van der Waals surface area contributed by atoms with Crippen LogP contribution in [0.5, 0.6) is 0 Å². The van der Waals surface area contributed by atoms with Crippen molar-refractivity contribution in [2.75, 3.05) is 4.72 Å². The van der Waals surface area contributed by atoms with Crippen LogP contribution in [-0.4, -0.2) is 17.3 Å². The summed E-state index contributed by atoms with van der Waals surface area (Å²) < 4.78 is 61.5. The molecule has 0 aliphatic heterocycles. The molecule has 0 atom stereocenters. The Morgan fingerprint density at radius 3 is 2.07 bits per heavy atom. The van der Waals surface area contributed by atoms with Gasteiger partial charge in [0.15, 0.2) is 0 Å². The number of hydrogen-bond acceptors (Lipinski definition) is 2. The number of aryl methyl sites for hydroxylation is 1. The summed E-state index contributed by atoms with van der Waals surface area (Å²) in [4.78, 5) is 0.706. The third-order valence-corrected chi connectivity index (χ3v) is 9.24. The first-order valence-electron chi connectivity index (χ1n) is 13.8.